The van der Waals surface area contributed by atoms with Gasteiger partial charge in [-0.25, -0.2) is 4.98 Å². The van der Waals surface area contributed by atoms with Crippen LogP contribution >= 0.6 is 11.6 Å². The Morgan fingerprint density at radius 3 is 2.24 bits per heavy atom. The van der Waals surface area contributed by atoms with E-state index in [0.29, 0.717) is 23.0 Å². The van der Waals surface area contributed by atoms with Crippen LogP contribution in [-0.4, -0.2) is 36.1 Å². The lowest BCUT2D eigenvalue weighted by atomic mass is 10.1. The lowest BCUT2D eigenvalue weighted by Gasteiger charge is -2.36. The third-order valence-electron chi connectivity index (χ3n) is 5.34. The van der Waals surface area contributed by atoms with E-state index in [9.17, 15) is 4.79 Å². The fourth-order valence-electron chi connectivity index (χ4n) is 3.62. The van der Waals surface area contributed by atoms with Gasteiger partial charge in [0, 0.05) is 54.6 Å². The summed E-state index contributed by atoms with van der Waals surface area (Å²) >= 11 is 5.95. The van der Waals surface area contributed by atoms with Crippen LogP contribution in [0.2, 0.25) is 5.02 Å². The molecule has 0 bridgehead atoms. The first-order chi connectivity index (χ1) is 14.0. The summed E-state index contributed by atoms with van der Waals surface area (Å²) in [6, 6.07) is 15.5. The Morgan fingerprint density at radius 1 is 1.00 bits per heavy atom. The van der Waals surface area contributed by atoms with E-state index in [-0.39, 0.29) is 5.56 Å². The number of anilines is 3. The van der Waals surface area contributed by atoms with Crippen LogP contribution in [0.25, 0.3) is 0 Å². The normalized spacial score (nSPS) is 14.3. The predicted molar refractivity (Wildman–Crippen MR) is 119 cm³/mol. The average Bonchev–Trinajstić information content (AvgIpc) is 2.73. The van der Waals surface area contributed by atoms with Crippen molar-refractivity contribution in [3.8, 4) is 0 Å². The van der Waals surface area contributed by atoms with Gasteiger partial charge >= 0.3 is 0 Å². The summed E-state index contributed by atoms with van der Waals surface area (Å²) in [5.74, 6) is 0.643. The van der Waals surface area contributed by atoms with Crippen LogP contribution in [0, 0.1) is 6.92 Å². The zero-order valence-corrected chi connectivity index (χ0v) is 17.1. The van der Waals surface area contributed by atoms with Crippen molar-refractivity contribution in [2.75, 3.05) is 41.7 Å². The lowest BCUT2D eigenvalue weighted by Crippen LogP contribution is -2.47. The summed E-state index contributed by atoms with van der Waals surface area (Å²) in [4.78, 5) is 24.8. The van der Waals surface area contributed by atoms with Crippen molar-refractivity contribution >= 4 is 28.9 Å². The highest BCUT2D eigenvalue weighted by Gasteiger charge is 2.20. The number of benzene rings is 2. The largest absolute Gasteiger partial charge is 0.399 e. The summed E-state index contributed by atoms with van der Waals surface area (Å²) in [5.41, 5.74) is 10.1. The minimum Gasteiger partial charge on any atom is -0.399 e. The Hall–Kier alpha value is -2.99. The lowest BCUT2D eigenvalue weighted by molar-refractivity contribution is 0.637. The van der Waals surface area contributed by atoms with E-state index in [4.69, 9.17) is 17.3 Å². The summed E-state index contributed by atoms with van der Waals surface area (Å²) in [6.45, 7) is 5.21. The Balaban J connectivity index is 1.46. The number of halogens is 1. The zero-order valence-electron chi connectivity index (χ0n) is 16.4. The van der Waals surface area contributed by atoms with Crippen molar-refractivity contribution in [2.24, 2.45) is 0 Å². The molecule has 0 amide bonds. The molecule has 4 rings (SSSR count). The van der Waals surface area contributed by atoms with E-state index in [1.807, 2.05) is 55.5 Å². The number of nitrogens with one attached hydrogen (secondary N) is 1. The Bertz CT molecular complexity index is 1040. The number of nitrogen functional groups attached to an aromatic ring is 1. The van der Waals surface area contributed by atoms with E-state index < -0.39 is 0 Å². The number of rotatable bonds is 4. The number of aryl methyl sites for hydroxylation is 1. The number of hydrogen-bond acceptors (Lipinski definition) is 5. The second-order valence-corrected chi connectivity index (χ2v) is 7.76. The molecule has 1 fully saturated rings. The maximum absolute atomic E-state index is 12.7. The van der Waals surface area contributed by atoms with Crippen molar-refractivity contribution < 1.29 is 0 Å². The van der Waals surface area contributed by atoms with Gasteiger partial charge in [0.05, 0.1) is 5.69 Å². The van der Waals surface area contributed by atoms with E-state index in [0.717, 1.165) is 48.8 Å². The Labute approximate surface area is 174 Å². The molecule has 2 heterocycles. The second kappa shape index (κ2) is 8.17. The van der Waals surface area contributed by atoms with Crippen molar-refractivity contribution in [1.82, 2.24) is 9.97 Å². The molecule has 3 aromatic rings. The van der Waals surface area contributed by atoms with E-state index in [1.54, 1.807) is 0 Å². The molecule has 1 aliphatic rings. The van der Waals surface area contributed by atoms with Crippen molar-refractivity contribution in [1.29, 1.82) is 0 Å². The molecule has 0 aliphatic carbocycles. The molecule has 1 aliphatic heterocycles. The molecule has 1 aromatic heterocycles. The van der Waals surface area contributed by atoms with Crippen LogP contribution in [0.5, 0.6) is 0 Å². The highest BCUT2D eigenvalue weighted by molar-refractivity contribution is 6.30. The molecule has 150 valence electrons. The SMILES string of the molecule is Cc1nc(N2CCN(c3ccc(N)cc3)CC2)[nH]c(=O)c1Cc1ccc(Cl)cc1. The minimum absolute atomic E-state index is 0.0802. The first-order valence-electron chi connectivity index (χ1n) is 9.69. The number of aromatic nitrogens is 2. The molecule has 29 heavy (non-hydrogen) atoms. The van der Waals surface area contributed by atoms with Crippen LogP contribution in [0.3, 0.4) is 0 Å². The first-order valence-corrected chi connectivity index (χ1v) is 10.1. The van der Waals surface area contributed by atoms with Gasteiger partial charge in [-0.3, -0.25) is 9.78 Å². The van der Waals surface area contributed by atoms with Crippen LogP contribution in [-0.2, 0) is 6.42 Å². The number of aromatic amines is 1. The van der Waals surface area contributed by atoms with E-state index in [2.05, 4.69) is 19.8 Å². The monoisotopic (exact) mass is 409 g/mol. The molecule has 2 aromatic carbocycles. The topological polar surface area (TPSA) is 78.2 Å². The van der Waals surface area contributed by atoms with Crippen LogP contribution in [0.4, 0.5) is 17.3 Å². The molecular formula is C22H24ClN5O. The fraction of sp³-hybridized carbons (Fsp3) is 0.273. The maximum Gasteiger partial charge on any atom is 0.256 e. The van der Waals surface area contributed by atoms with Crippen LogP contribution in [0.1, 0.15) is 16.8 Å². The Kier molecular flexibility index (Phi) is 5.45. The van der Waals surface area contributed by atoms with Crippen LogP contribution in [0.15, 0.2) is 53.3 Å². The predicted octanol–water partition coefficient (Wildman–Crippen LogP) is 3.23. The zero-order chi connectivity index (χ0) is 20.4. The van der Waals surface area contributed by atoms with Gasteiger partial charge in [0.25, 0.3) is 5.56 Å². The van der Waals surface area contributed by atoms with Crippen LogP contribution < -0.4 is 21.1 Å². The van der Waals surface area contributed by atoms with Gasteiger partial charge in [0.2, 0.25) is 5.95 Å². The maximum atomic E-state index is 12.7. The number of H-pyrrole nitrogens is 1. The van der Waals surface area contributed by atoms with Gasteiger partial charge in [-0.05, 0) is 48.9 Å². The van der Waals surface area contributed by atoms with Crippen molar-refractivity contribution in [2.45, 2.75) is 13.3 Å². The molecule has 0 atom stereocenters. The van der Waals surface area contributed by atoms with Gasteiger partial charge in [0.1, 0.15) is 0 Å². The second-order valence-electron chi connectivity index (χ2n) is 7.32. The molecular weight excluding hydrogens is 386 g/mol. The molecule has 0 unspecified atom stereocenters. The molecule has 0 spiro atoms. The molecule has 0 radical (unpaired) electrons. The summed E-state index contributed by atoms with van der Waals surface area (Å²) in [7, 11) is 0. The van der Waals surface area contributed by atoms with Crippen molar-refractivity contribution in [3.05, 3.63) is 80.7 Å². The number of nitrogens with two attached hydrogens (primary N) is 1. The minimum atomic E-state index is -0.0802. The quantitative estimate of drug-likeness (QED) is 0.647. The average molecular weight is 410 g/mol. The third-order valence-corrected chi connectivity index (χ3v) is 5.59. The fourth-order valence-corrected chi connectivity index (χ4v) is 3.75. The standard InChI is InChI=1S/C22H24ClN5O/c1-15-20(14-16-2-4-17(23)5-3-16)21(29)26-22(25-15)28-12-10-27(11-13-28)19-8-6-18(24)7-9-19/h2-9H,10-14,24H2,1H3,(H,25,26,29). The molecule has 0 saturated carbocycles. The van der Waals surface area contributed by atoms with Gasteiger partial charge < -0.3 is 15.5 Å². The highest BCUT2D eigenvalue weighted by atomic mass is 35.5. The third kappa shape index (κ3) is 4.38. The first kappa shape index (κ1) is 19.3. The van der Waals surface area contributed by atoms with Crippen molar-refractivity contribution in [3.63, 3.8) is 0 Å². The highest BCUT2D eigenvalue weighted by Crippen LogP contribution is 2.20. The number of piperazine rings is 1. The number of hydrogen-bond donors (Lipinski definition) is 2. The smallest absolute Gasteiger partial charge is 0.256 e. The van der Waals surface area contributed by atoms with Gasteiger partial charge in [0.15, 0.2) is 0 Å². The summed E-state index contributed by atoms with van der Waals surface area (Å²) in [6.07, 6.45) is 0.538. The van der Waals surface area contributed by atoms with Gasteiger partial charge in [-0.1, -0.05) is 23.7 Å². The summed E-state index contributed by atoms with van der Waals surface area (Å²) < 4.78 is 0. The molecule has 3 N–H and O–H groups in total. The summed E-state index contributed by atoms with van der Waals surface area (Å²) in [5, 5.41) is 0.686. The molecule has 1 saturated heterocycles. The number of nitrogens with zero attached hydrogens (tertiary/aromatic N) is 3. The Morgan fingerprint density at radius 2 is 1.62 bits per heavy atom. The van der Waals surface area contributed by atoms with E-state index >= 15 is 0 Å². The molecule has 6 nitrogen and oxygen atoms in total. The molecule has 7 heteroatoms. The van der Waals surface area contributed by atoms with Gasteiger partial charge in [-0.15, -0.1) is 0 Å². The van der Waals surface area contributed by atoms with E-state index in [1.165, 1.54) is 0 Å². The van der Waals surface area contributed by atoms with Gasteiger partial charge in [-0.2, -0.15) is 0 Å².